The highest BCUT2D eigenvalue weighted by atomic mass is 32.2. The summed E-state index contributed by atoms with van der Waals surface area (Å²) < 4.78 is 29.9. The van der Waals surface area contributed by atoms with Crippen LogP contribution in [0.5, 0.6) is 0 Å². The summed E-state index contributed by atoms with van der Waals surface area (Å²) in [4.78, 5) is 15.8. The van der Waals surface area contributed by atoms with Crippen LogP contribution in [0.3, 0.4) is 0 Å². The Hall–Kier alpha value is -2.12. The Bertz CT molecular complexity index is 1020. The van der Waals surface area contributed by atoms with Gasteiger partial charge in [-0.05, 0) is 68.4 Å². The second kappa shape index (κ2) is 9.17. The molecule has 0 unspecified atom stereocenters. The van der Waals surface area contributed by atoms with E-state index in [9.17, 15) is 13.2 Å². The van der Waals surface area contributed by atoms with Gasteiger partial charge in [-0.15, -0.1) is 0 Å². The molecule has 2 aromatic rings. The van der Waals surface area contributed by atoms with E-state index in [0.29, 0.717) is 31.1 Å². The number of sulfonamides is 1. The van der Waals surface area contributed by atoms with E-state index in [0.717, 1.165) is 44.2 Å². The SMILES string of the molecule is C[C@@H]1CC[C@H](c2cccn2C)N(C(=O)c2cccc(S(=O)(=O)N3CCCCC3)c2)CC1. The first-order chi connectivity index (χ1) is 14.9. The van der Waals surface area contributed by atoms with E-state index in [4.69, 9.17) is 0 Å². The van der Waals surface area contributed by atoms with Crippen molar-refractivity contribution in [2.75, 3.05) is 19.6 Å². The number of hydrogen-bond acceptors (Lipinski definition) is 3. The first-order valence-corrected chi connectivity index (χ1v) is 12.8. The van der Waals surface area contributed by atoms with Gasteiger partial charge in [0.05, 0.1) is 10.9 Å². The van der Waals surface area contributed by atoms with Crippen LogP contribution in [0.4, 0.5) is 0 Å². The van der Waals surface area contributed by atoms with Crippen LogP contribution < -0.4 is 0 Å². The summed E-state index contributed by atoms with van der Waals surface area (Å²) in [6.45, 7) is 4.03. The fourth-order valence-electron chi connectivity index (χ4n) is 4.84. The summed E-state index contributed by atoms with van der Waals surface area (Å²) in [6.07, 6.45) is 7.80. The largest absolute Gasteiger partial charge is 0.353 e. The molecular weight excluding hydrogens is 410 g/mol. The van der Waals surface area contributed by atoms with Gasteiger partial charge >= 0.3 is 0 Å². The Morgan fingerprint density at radius 1 is 0.968 bits per heavy atom. The van der Waals surface area contributed by atoms with Crippen LogP contribution in [-0.4, -0.2) is 47.7 Å². The molecule has 0 saturated carbocycles. The number of likely N-dealkylation sites (tertiary alicyclic amines) is 1. The maximum absolute atomic E-state index is 13.6. The van der Waals surface area contributed by atoms with E-state index in [-0.39, 0.29) is 16.8 Å². The molecule has 2 fully saturated rings. The minimum Gasteiger partial charge on any atom is -0.353 e. The summed E-state index contributed by atoms with van der Waals surface area (Å²) in [5.41, 5.74) is 1.58. The van der Waals surface area contributed by atoms with Crippen LogP contribution >= 0.6 is 0 Å². The second-order valence-corrected chi connectivity index (χ2v) is 11.0. The Balaban J connectivity index is 1.64. The van der Waals surface area contributed by atoms with E-state index in [1.165, 1.54) is 0 Å². The van der Waals surface area contributed by atoms with Crippen LogP contribution in [-0.2, 0) is 17.1 Å². The van der Waals surface area contributed by atoms with Gasteiger partial charge in [-0.3, -0.25) is 4.79 Å². The predicted molar refractivity (Wildman–Crippen MR) is 121 cm³/mol. The lowest BCUT2D eigenvalue weighted by Gasteiger charge is -2.31. The van der Waals surface area contributed by atoms with Crippen LogP contribution in [0.25, 0.3) is 0 Å². The quantitative estimate of drug-likeness (QED) is 0.711. The molecule has 0 spiro atoms. The molecule has 0 bridgehead atoms. The minimum atomic E-state index is -3.57. The molecule has 2 aliphatic heterocycles. The molecule has 3 heterocycles. The zero-order chi connectivity index (χ0) is 22.0. The molecule has 2 aliphatic rings. The van der Waals surface area contributed by atoms with Crippen molar-refractivity contribution < 1.29 is 13.2 Å². The van der Waals surface area contributed by atoms with Crippen molar-refractivity contribution in [3.63, 3.8) is 0 Å². The van der Waals surface area contributed by atoms with Crippen molar-refractivity contribution in [1.29, 1.82) is 0 Å². The molecule has 168 valence electrons. The third kappa shape index (κ3) is 4.58. The normalized spacial score (nSPS) is 23.5. The van der Waals surface area contributed by atoms with Gasteiger partial charge in [-0.1, -0.05) is 19.4 Å². The van der Waals surface area contributed by atoms with Gasteiger partial charge in [0.25, 0.3) is 5.91 Å². The van der Waals surface area contributed by atoms with Crippen LogP contribution in [0.1, 0.15) is 67.5 Å². The Kier molecular flexibility index (Phi) is 6.53. The first-order valence-electron chi connectivity index (χ1n) is 11.4. The van der Waals surface area contributed by atoms with Crippen molar-refractivity contribution in [2.24, 2.45) is 13.0 Å². The van der Waals surface area contributed by atoms with E-state index in [1.807, 2.05) is 24.2 Å². The maximum atomic E-state index is 13.6. The topological polar surface area (TPSA) is 62.6 Å². The fraction of sp³-hybridized carbons (Fsp3) is 0.542. The number of aryl methyl sites for hydroxylation is 1. The molecule has 2 saturated heterocycles. The number of nitrogens with zero attached hydrogens (tertiary/aromatic N) is 3. The molecule has 4 rings (SSSR count). The van der Waals surface area contributed by atoms with Crippen molar-refractivity contribution in [1.82, 2.24) is 13.8 Å². The number of aromatic nitrogens is 1. The van der Waals surface area contributed by atoms with Gasteiger partial charge in [-0.2, -0.15) is 4.31 Å². The molecule has 7 heteroatoms. The third-order valence-corrected chi connectivity index (χ3v) is 8.69. The fourth-order valence-corrected chi connectivity index (χ4v) is 6.40. The van der Waals surface area contributed by atoms with Crippen molar-refractivity contribution in [3.8, 4) is 0 Å². The van der Waals surface area contributed by atoms with Crippen molar-refractivity contribution in [3.05, 3.63) is 53.9 Å². The zero-order valence-electron chi connectivity index (χ0n) is 18.5. The lowest BCUT2D eigenvalue weighted by atomic mass is 10.00. The molecule has 31 heavy (non-hydrogen) atoms. The minimum absolute atomic E-state index is 0.000178. The number of hydrogen-bond donors (Lipinski definition) is 0. The highest BCUT2D eigenvalue weighted by molar-refractivity contribution is 7.89. The number of piperidine rings is 1. The average Bonchev–Trinajstić information content (AvgIpc) is 3.11. The summed E-state index contributed by atoms with van der Waals surface area (Å²) in [5, 5.41) is 0. The molecule has 1 aromatic heterocycles. The second-order valence-electron chi connectivity index (χ2n) is 9.02. The maximum Gasteiger partial charge on any atom is 0.254 e. The highest BCUT2D eigenvalue weighted by Crippen LogP contribution is 2.34. The Morgan fingerprint density at radius 2 is 1.74 bits per heavy atom. The first kappa shape index (κ1) is 22.1. The highest BCUT2D eigenvalue weighted by Gasteiger charge is 2.32. The monoisotopic (exact) mass is 443 g/mol. The summed E-state index contributed by atoms with van der Waals surface area (Å²) in [6, 6.07) is 10.7. The zero-order valence-corrected chi connectivity index (χ0v) is 19.4. The van der Waals surface area contributed by atoms with Crippen LogP contribution in [0, 0.1) is 5.92 Å². The molecule has 0 radical (unpaired) electrons. The number of carbonyl (C=O) groups excluding carboxylic acids is 1. The lowest BCUT2D eigenvalue weighted by Crippen LogP contribution is -2.37. The van der Waals surface area contributed by atoms with Gasteiger partial charge in [0.1, 0.15) is 0 Å². The van der Waals surface area contributed by atoms with E-state index < -0.39 is 10.0 Å². The molecule has 0 aliphatic carbocycles. The molecule has 6 nitrogen and oxygen atoms in total. The molecular formula is C24H33N3O3S. The summed E-state index contributed by atoms with van der Waals surface area (Å²) >= 11 is 0. The Labute approximate surface area is 185 Å². The smallest absolute Gasteiger partial charge is 0.254 e. The van der Waals surface area contributed by atoms with Gasteiger partial charge < -0.3 is 9.47 Å². The van der Waals surface area contributed by atoms with E-state index in [2.05, 4.69) is 17.6 Å². The van der Waals surface area contributed by atoms with Crippen LogP contribution in [0.2, 0.25) is 0 Å². The average molecular weight is 444 g/mol. The van der Waals surface area contributed by atoms with Gasteiger partial charge in [0, 0.05) is 44.1 Å². The van der Waals surface area contributed by atoms with Crippen LogP contribution in [0.15, 0.2) is 47.5 Å². The van der Waals surface area contributed by atoms with E-state index >= 15 is 0 Å². The van der Waals surface area contributed by atoms with Gasteiger partial charge in [0.2, 0.25) is 10.0 Å². The lowest BCUT2D eigenvalue weighted by molar-refractivity contribution is 0.0673. The number of amides is 1. The number of rotatable bonds is 4. The molecule has 1 amide bonds. The predicted octanol–water partition coefficient (Wildman–Crippen LogP) is 4.20. The Morgan fingerprint density at radius 3 is 2.45 bits per heavy atom. The molecule has 2 atom stereocenters. The molecule has 1 aromatic carbocycles. The van der Waals surface area contributed by atoms with Gasteiger partial charge in [0.15, 0.2) is 0 Å². The summed E-state index contributed by atoms with van der Waals surface area (Å²) in [5.74, 6) is 0.474. The van der Waals surface area contributed by atoms with Gasteiger partial charge in [-0.25, -0.2) is 8.42 Å². The third-order valence-electron chi connectivity index (χ3n) is 6.79. The van der Waals surface area contributed by atoms with E-state index in [1.54, 1.807) is 28.6 Å². The number of carbonyl (C=O) groups is 1. The van der Waals surface area contributed by atoms with Crippen molar-refractivity contribution >= 4 is 15.9 Å². The van der Waals surface area contributed by atoms with Crippen molar-refractivity contribution in [2.45, 2.75) is 56.4 Å². The molecule has 0 N–H and O–H groups in total. The summed E-state index contributed by atoms with van der Waals surface area (Å²) in [7, 11) is -1.56. The standard InChI is InChI=1S/C24H33N3O3S/c1-19-11-12-23(22-10-7-14-25(22)2)27(17-13-19)24(28)20-8-6-9-21(18-20)31(29,30)26-15-4-3-5-16-26/h6-10,14,18-19,23H,3-5,11-13,15-17H2,1-2H3/t19-,23-/m1/s1. The number of benzene rings is 1.